The molecule has 2 unspecified atom stereocenters. The van der Waals surface area contributed by atoms with Crippen molar-refractivity contribution < 1.29 is 27.5 Å². The van der Waals surface area contributed by atoms with Gasteiger partial charge in [0.1, 0.15) is 0 Å². The Hall–Kier alpha value is -2.94. The Bertz CT molecular complexity index is 1310. The van der Waals surface area contributed by atoms with Gasteiger partial charge in [0.15, 0.2) is 0 Å². The molecule has 42 heavy (non-hydrogen) atoms. The molecule has 0 bridgehead atoms. The van der Waals surface area contributed by atoms with Crippen molar-refractivity contribution in [3.63, 3.8) is 0 Å². The molecule has 2 fully saturated rings. The molecule has 9 heteroatoms. The number of benzene rings is 1. The summed E-state index contributed by atoms with van der Waals surface area (Å²) < 4.78 is 45.2. The van der Waals surface area contributed by atoms with Gasteiger partial charge in [-0.3, -0.25) is 9.78 Å². The Kier molecular flexibility index (Phi) is 8.70. The number of likely N-dealkylation sites (tertiary alicyclic amines) is 1. The van der Waals surface area contributed by atoms with Gasteiger partial charge in [0.25, 0.3) is 0 Å². The van der Waals surface area contributed by atoms with E-state index in [4.69, 9.17) is 4.74 Å². The lowest BCUT2D eigenvalue weighted by atomic mass is 9.73. The van der Waals surface area contributed by atoms with Crippen molar-refractivity contribution >= 4 is 11.9 Å². The highest BCUT2D eigenvalue weighted by Crippen LogP contribution is 2.49. The lowest BCUT2D eigenvalue weighted by Crippen LogP contribution is -2.49. The maximum Gasteiger partial charge on any atom is 0.417 e. The number of piperidine rings is 1. The number of aromatic nitrogens is 1. The van der Waals surface area contributed by atoms with Crippen LogP contribution in [0.15, 0.2) is 36.5 Å². The highest BCUT2D eigenvalue weighted by Gasteiger charge is 2.51. The van der Waals surface area contributed by atoms with Crippen molar-refractivity contribution in [2.24, 2.45) is 17.3 Å². The molecule has 4 atom stereocenters. The fourth-order valence-corrected chi connectivity index (χ4v) is 7.51. The molecule has 2 aromatic rings. The van der Waals surface area contributed by atoms with Crippen LogP contribution in [0, 0.1) is 17.3 Å². The normalized spacial score (nSPS) is 26.8. The third kappa shape index (κ3) is 5.94. The lowest BCUT2D eigenvalue weighted by Gasteiger charge is -2.42. The largest absolute Gasteiger partial charge is 0.462 e. The van der Waals surface area contributed by atoms with E-state index in [9.17, 15) is 22.8 Å². The van der Waals surface area contributed by atoms with E-state index < -0.39 is 17.2 Å². The standard InChI is InChI=1S/C33H42F3N3O3/c1-5-42-30(40)24-8-6-7-23(15-24)28-10-13-38(19-22(28)4)27-9-12-32(17-27,21(2)3)31(41)39-14-11-29-25(20-39)16-26(18-37-29)33(34,35)36/h6-8,15-16,18,21-22,27-28H,5,9-14,17,19-20H2,1-4H3/t22?,27-,28?,32+/m1/s1. The zero-order valence-electron chi connectivity index (χ0n) is 25.0. The van der Waals surface area contributed by atoms with Crippen molar-refractivity contribution in [2.75, 3.05) is 26.2 Å². The van der Waals surface area contributed by atoms with Crippen LogP contribution in [0.25, 0.3) is 0 Å². The summed E-state index contributed by atoms with van der Waals surface area (Å²) >= 11 is 0. The van der Waals surface area contributed by atoms with Gasteiger partial charge >= 0.3 is 12.1 Å². The molecular formula is C33H42F3N3O3. The Morgan fingerprint density at radius 1 is 1.17 bits per heavy atom. The summed E-state index contributed by atoms with van der Waals surface area (Å²) in [6.45, 7) is 11.1. The molecule has 0 spiro atoms. The van der Waals surface area contributed by atoms with E-state index in [2.05, 4.69) is 36.7 Å². The van der Waals surface area contributed by atoms with Crippen LogP contribution in [0.4, 0.5) is 13.2 Å². The van der Waals surface area contributed by atoms with Crippen LogP contribution in [-0.2, 0) is 28.7 Å². The number of rotatable bonds is 6. The first-order valence-corrected chi connectivity index (χ1v) is 15.3. The molecule has 6 nitrogen and oxygen atoms in total. The molecule has 1 saturated carbocycles. The SMILES string of the molecule is CCOC(=O)c1cccc(C2CCN([C@@H]3CC[C@@](C(=O)N4CCc5ncc(C(F)(F)F)cc5C4)(C(C)C)C3)CC2C)c1. The van der Waals surface area contributed by atoms with Crippen LogP contribution in [0.5, 0.6) is 0 Å². The summed E-state index contributed by atoms with van der Waals surface area (Å²) in [5.74, 6) is 0.629. The monoisotopic (exact) mass is 585 g/mol. The predicted octanol–water partition coefficient (Wildman–Crippen LogP) is 6.48. The van der Waals surface area contributed by atoms with Gasteiger partial charge in [-0.25, -0.2) is 4.79 Å². The number of esters is 1. The number of nitrogens with zero attached hydrogens (tertiary/aromatic N) is 3. The number of fused-ring (bicyclic) bond motifs is 1. The molecule has 5 rings (SSSR count). The molecule has 1 aromatic heterocycles. The third-order valence-corrected chi connectivity index (χ3v) is 9.99. The molecule has 1 aliphatic carbocycles. The molecule has 3 heterocycles. The van der Waals surface area contributed by atoms with Crippen LogP contribution in [-0.4, -0.2) is 58.9 Å². The Morgan fingerprint density at radius 2 is 1.95 bits per heavy atom. The Labute approximate surface area is 246 Å². The molecule has 0 radical (unpaired) electrons. The van der Waals surface area contributed by atoms with Crippen LogP contribution < -0.4 is 0 Å². The predicted molar refractivity (Wildman–Crippen MR) is 154 cm³/mol. The zero-order valence-corrected chi connectivity index (χ0v) is 25.0. The fourth-order valence-electron chi connectivity index (χ4n) is 7.51. The summed E-state index contributed by atoms with van der Waals surface area (Å²) in [5, 5.41) is 0. The summed E-state index contributed by atoms with van der Waals surface area (Å²) in [6, 6.07) is 9.25. The van der Waals surface area contributed by atoms with Crippen LogP contribution in [0.1, 0.15) is 92.0 Å². The molecule has 2 aliphatic heterocycles. The van der Waals surface area contributed by atoms with Gasteiger partial charge in [-0.2, -0.15) is 13.2 Å². The average molecular weight is 586 g/mol. The first-order valence-electron chi connectivity index (χ1n) is 15.3. The lowest BCUT2D eigenvalue weighted by molar-refractivity contribution is -0.146. The molecule has 1 amide bonds. The zero-order chi connectivity index (χ0) is 30.2. The van der Waals surface area contributed by atoms with Crippen molar-refractivity contribution in [1.29, 1.82) is 0 Å². The minimum atomic E-state index is -4.46. The maximum atomic E-state index is 14.1. The number of ether oxygens (including phenoxy) is 1. The first kappa shape index (κ1) is 30.5. The van der Waals surface area contributed by atoms with E-state index in [1.165, 1.54) is 5.56 Å². The van der Waals surface area contributed by atoms with Gasteiger partial charge in [0.05, 0.1) is 23.1 Å². The molecular weight excluding hydrogens is 543 g/mol. The van der Waals surface area contributed by atoms with E-state index in [1.54, 1.807) is 17.9 Å². The second-order valence-corrected chi connectivity index (χ2v) is 12.7. The Morgan fingerprint density at radius 3 is 2.64 bits per heavy atom. The maximum absolute atomic E-state index is 14.1. The van der Waals surface area contributed by atoms with E-state index in [-0.39, 0.29) is 24.3 Å². The Balaban J connectivity index is 1.26. The quantitative estimate of drug-likeness (QED) is 0.363. The minimum Gasteiger partial charge on any atom is -0.462 e. The second-order valence-electron chi connectivity index (χ2n) is 12.7. The van der Waals surface area contributed by atoms with Gasteiger partial charge in [-0.1, -0.05) is 32.9 Å². The molecule has 3 aliphatic rings. The van der Waals surface area contributed by atoms with Crippen LogP contribution >= 0.6 is 0 Å². The number of alkyl halides is 3. The van der Waals surface area contributed by atoms with E-state index in [0.717, 1.165) is 51.0 Å². The minimum absolute atomic E-state index is 0.0711. The highest BCUT2D eigenvalue weighted by atomic mass is 19.4. The van der Waals surface area contributed by atoms with Gasteiger partial charge in [-0.15, -0.1) is 0 Å². The highest BCUT2D eigenvalue weighted by molar-refractivity contribution is 5.89. The van der Waals surface area contributed by atoms with Crippen LogP contribution in [0.2, 0.25) is 0 Å². The van der Waals surface area contributed by atoms with Gasteiger partial charge in [0.2, 0.25) is 5.91 Å². The summed E-state index contributed by atoms with van der Waals surface area (Å²) in [6.07, 6.45) is 0.375. The second kappa shape index (κ2) is 12.0. The van der Waals surface area contributed by atoms with Crippen molar-refractivity contribution in [1.82, 2.24) is 14.8 Å². The molecule has 228 valence electrons. The van der Waals surface area contributed by atoms with Gasteiger partial charge in [-0.05, 0) is 86.2 Å². The van der Waals surface area contributed by atoms with Crippen LogP contribution in [0.3, 0.4) is 0 Å². The van der Waals surface area contributed by atoms with E-state index in [1.807, 2.05) is 12.1 Å². The number of amides is 1. The molecule has 1 aromatic carbocycles. The van der Waals surface area contributed by atoms with E-state index >= 15 is 0 Å². The summed E-state index contributed by atoms with van der Waals surface area (Å²) in [7, 11) is 0. The van der Waals surface area contributed by atoms with Crippen molar-refractivity contribution in [3.8, 4) is 0 Å². The smallest absolute Gasteiger partial charge is 0.417 e. The molecule has 1 saturated heterocycles. The number of pyridine rings is 1. The number of hydrogen-bond acceptors (Lipinski definition) is 5. The fraction of sp³-hybridized carbons (Fsp3) is 0.606. The van der Waals surface area contributed by atoms with Gasteiger partial charge in [0, 0.05) is 44.0 Å². The van der Waals surface area contributed by atoms with Crippen molar-refractivity contribution in [3.05, 3.63) is 64.5 Å². The number of carbonyl (C=O) groups excluding carboxylic acids is 2. The third-order valence-electron chi connectivity index (χ3n) is 9.99. The summed E-state index contributed by atoms with van der Waals surface area (Å²) in [4.78, 5) is 34.8. The number of carbonyl (C=O) groups is 2. The van der Waals surface area contributed by atoms with E-state index in [0.29, 0.717) is 54.3 Å². The average Bonchev–Trinajstić information content (AvgIpc) is 3.43. The summed E-state index contributed by atoms with van der Waals surface area (Å²) in [5.41, 5.74) is 1.62. The first-order chi connectivity index (χ1) is 19.9. The molecule has 0 N–H and O–H groups in total. The van der Waals surface area contributed by atoms with Gasteiger partial charge < -0.3 is 14.5 Å². The number of halogens is 3. The van der Waals surface area contributed by atoms with Crippen molar-refractivity contribution in [2.45, 2.75) is 84.5 Å². The number of hydrogen-bond donors (Lipinski definition) is 0. The topological polar surface area (TPSA) is 62.7 Å².